The molecule has 1 saturated heterocycles. The van der Waals surface area contributed by atoms with E-state index in [0.29, 0.717) is 49.1 Å². The molecule has 8 nitrogen and oxygen atoms in total. The third-order valence-corrected chi connectivity index (χ3v) is 4.91. The molecule has 1 fully saturated rings. The van der Waals surface area contributed by atoms with Gasteiger partial charge in [0.1, 0.15) is 6.61 Å². The van der Waals surface area contributed by atoms with Gasteiger partial charge in [-0.2, -0.15) is 0 Å². The third kappa shape index (κ3) is 4.17. The van der Waals surface area contributed by atoms with Crippen LogP contribution in [0.5, 0.6) is 11.5 Å². The number of Topliss-reactive ketones (excluding diaryl/α,β-unsaturated/α-hetero) is 1. The van der Waals surface area contributed by atoms with Crippen molar-refractivity contribution in [3.05, 3.63) is 42.0 Å². The summed E-state index contributed by atoms with van der Waals surface area (Å²) in [7, 11) is 3.34. The molecule has 2 aromatic rings. The lowest BCUT2D eigenvalue weighted by molar-refractivity contribution is 0.0632. The molecule has 28 heavy (non-hydrogen) atoms. The summed E-state index contributed by atoms with van der Waals surface area (Å²) >= 11 is 0. The molecule has 1 atom stereocenters. The SMILES string of the molecule is COc1ccc(C(=O)N2CCCC(C(=O)c3nccn3C)C2)cc1OCCN. The van der Waals surface area contributed by atoms with Gasteiger partial charge >= 0.3 is 0 Å². The van der Waals surface area contributed by atoms with Gasteiger partial charge in [0.05, 0.1) is 7.11 Å². The van der Waals surface area contributed by atoms with Crippen LogP contribution in [0.1, 0.15) is 33.8 Å². The molecular formula is C20H26N4O4. The van der Waals surface area contributed by atoms with Crippen LogP contribution in [0.25, 0.3) is 0 Å². The number of ether oxygens (including phenoxy) is 2. The van der Waals surface area contributed by atoms with Crippen molar-refractivity contribution in [3.8, 4) is 11.5 Å². The fraction of sp³-hybridized carbons (Fsp3) is 0.450. The molecule has 2 heterocycles. The summed E-state index contributed by atoms with van der Waals surface area (Å²) in [5, 5.41) is 0. The highest BCUT2D eigenvalue weighted by Gasteiger charge is 2.31. The van der Waals surface area contributed by atoms with Crippen LogP contribution in [0.2, 0.25) is 0 Å². The van der Waals surface area contributed by atoms with Crippen LogP contribution in [-0.2, 0) is 7.05 Å². The minimum atomic E-state index is -0.245. The Balaban J connectivity index is 1.75. The van der Waals surface area contributed by atoms with E-state index in [2.05, 4.69) is 4.98 Å². The van der Waals surface area contributed by atoms with E-state index in [1.807, 2.05) is 0 Å². The number of hydrogen-bond donors (Lipinski definition) is 1. The lowest BCUT2D eigenvalue weighted by Crippen LogP contribution is -2.42. The molecule has 0 spiro atoms. The first-order valence-electron chi connectivity index (χ1n) is 9.37. The zero-order valence-electron chi connectivity index (χ0n) is 16.3. The maximum atomic E-state index is 13.0. The molecule has 1 aromatic heterocycles. The average Bonchev–Trinajstić information content (AvgIpc) is 3.16. The van der Waals surface area contributed by atoms with Gasteiger partial charge in [0, 0.05) is 50.6 Å². The van der Waals surface area contributed by atoms with E-state index in [1.165, 1.54) is 0 Å². The highest BCUT2D eigenvalue weighted by atomic mass is 16.5. The number of nitrogens with two attached hydrogens (primary N) is 1. The molecule has 1 aliphatic heterocycles. The van der Waals surface area contributed by atoms with Gasteiger partial charge in [-0.25, -0.2) is 4.98 Å². The summed E-state index contributed by atoms with van der Waals surface area (Å²) in [4.78, 5) is 31.7. The number of benzene rings is 1. The van der Waals surface area contributed by atoms with Gasteiger partial charge in [-0.3, -0.25) is 9.59 Å². The van der Waals surface area contributed by atoms with E-state index < -0.39 is 0 Å². The van der Waals surface area contributed by atoms with Crippen molar-refractivity contribution in [3.63, 3.8) is 0 Å². The van der Waals surface area contributed by atoms with E-state index in [-0.39, 0.29) is 17.6 Å². The number of carbonyl (C=O) groups is 2. The van der Waals surface area contributed by atoms with Crippen LogP contribution in [0.4, 0.5) is 0 Å². The zero-order valence-corrected chi connectivity index (χ0v) is 16.3. The molecule has 1 unspecified atom stereocenters. The van der Waals surface area contributed by atoms with Gasteiger partial charge in [0.15, 0.2) is 17.3 Å². The first kappa shape index (κ1) is 19.9. The van der Waals surface area contributed by atoms with Crippen LogP contribution in [0.15, 0.2) is 30.6 Å². The number of amides is 1. The summed E-state index contributed by atoms with van der Waals surface area (Å²) in [5.74, 6) is 1.07. The predicted molar refractivity (Wildman–Crippen MR) is 104 cm³/mol. The van der Waals surface area contributed by atoms with E-state index in [0.717, 1.165) is 12.8 Å². The van der Waals surface area contributed by atoms with Crippen molar-refractivity contribution in [2.45, 2.75) is 12.8 Å². The van der Waals surface area contributed by atoms with Crippen LogP contribution >= 0.6 is 0 Å². The predicted octanol–water partition coefficient (Wildman–Crippen LogP) is 1.50. The van der Waals surface area contributed by atoms with Crippen LogP contribution < -0.4 is 15.2 Å². The Morgan fingerprint density at radius 1 is 1.32 bits per heavy atom. The van der Waals surface area contributed by atoms with Gasteiger partial charge in [-0.1, -0.05) is 0 Å². The van der Waals surface area contributed by atoms with Crippen molar-refractivity contribution < 1.29 is 19.1 Å². The Morgan fingerprint density at radius 3 is 2.82 bits per heavy atom. The molecule has 3 rings (SSSR count). The number of likely N-dealkylation sites (tertiary alicyclic amines) is 1. The molecule has 2 N–H and O–H groups in total. The number of imidazole rings is 1. The monoisotopic (exact) mass is 386 g/mol. The third-order valence-electron chi connectivity index (χ3n) is 4.91. The van der Waals surface area contributed by atoms with Crippen LogP contribution in [0.3, 0.4) is 0 Å². The maximum absolute atomic E-state index is 13.0. The highest BCUT2D eigenvalue weighted by molar-refractivity contribution is 5.97. The van der Waals surface area contributed by atoms with E-state index in [1.54, 1.807) is 54.2 Å². The van der Waals surface area contributed by atoms with Crippen molar-refractivity contribution in [2.75, 3.05) is 33.4 Å². The molecule has 0 saturated carbocycles. The second kappa shape index (κ2) is 8.88. The number of methoxy groups -OCH3 is 1. The van der Waals surface area contributed by atoms with Crippen molar-refractivity contribution in [1.29, 1.82) is 0 Å². The second-order valence-corrected chi connectivity index (χ2v) is 6.82. The Labute approximate surface area is 164 Å². The summed E-state index contributed by atoms with van der Waals surface area (Å²) in [5.41, 5.74) is 6.00. The lowest BCUT2D eigenvalue weighted by atomic mass is 9.92. The summed E-state index contributed by atoms with van der Waals surface area (Å²) < 4.78 is 12.6. The minimum Gasteiger partial charge on any atom is -0.493 e. The molecule has 1 aromatic carbocycles. The molecule has 0 bridgehead atoms. The van der Waals surface area contributed by atoms with Gasteiger partial charge in [0.25, 0.3) is 5.91 Å². The quantitative estimate of drug-likeness (QED) is 0.724. The smallest absolute Gasteiger partial charge is 0.254 e. The fourth-order valence-corrected chi connectivity index (χ4v) is 3.44. The molecule has 1 amide bonds. The highest BCUT2D eigenvalue weighted by Crippen LogP contribution is 2.29. The first-order valence-corrected chi connectivity index (χ1v) is 9.37. The Bertz CT molecular complexity index is 848. The second-order valence-electron chi connectivity index (χ2n) is 6.82. The number of nitrogens with zero attached hydrogens (tertiary/aromatic N) is 3. The van der Waals surface area contributed by atoms with Gasteiger partial charge < -0.3 is 24.7 Å². The van der Waals surface area contributed by atoms with E-state index in [4.69, 9.17) is 15.2 Å². The lowest BCUT2D eigenvalue weighted by Gasteiger charge is -2.32. The Morgan fingerprint density at radius 2 is 2.14 bits per heavy atom. The molecule has 0 aliphatic carbocycles. The number of carbonyl (C=O) groups excluding carboxylic acids is 2. The van der Waals surface area contributed by atoms with E-state index >= 15 is 0 Å². The Hall–Kier alpha value is -2.87. The molecule has 1 aliphatic rings. The van der Waals surface area contributed by atoms with Crippen LogP contribution in [0, 0.1) is 5.92 Å². The number of hydrogen-bond acceptors (Lipinski definition) is 6. The number of aromatic nitrogens is 2. The number of rotatable bonds is 7. The largest absolute Gasteiger partial charge is 0.493 e. The standard InChI is InChI=1S/C20H26N4O4/c1-23-10-8-22-19(23)18(25)15-4-3-9-24(13-15)20(26)14-5-6-16(27-2)17(12-14)28-11-7-21/h5-6,8,10,12,15H,3-4,7,9,11,13,21H2,1-2H3. The van der Waals surface area contributed by atoms with Gasteiger partial charge in [-0.15, -0.1) is 0 Å². The van der Waals surface area contributed by atoms with Crippen molar-refractivity contribution >= 4 is 11.7 Å². The first-order chi connectivity index (χ1) is 13.5. The number of ketones is 1. The summed E-state index contributed by atoms with van der Waals surface area (Å²) in [6.07, 6.45) is 4.89. The topological polar surface area (TPSA) is 99.7 Å². The molecule has 8 heteroatoms. The Kier molecular flexibility index (Phi) is 6.30. The zero-order chi connectivity index (χ0) is 20.1. The normalized spacial score (nSPS) is 16.7. The van der Waals surface area contributed by atoms with Gasteiger partial charge in [0.2, 0.25) is 5.78 Å². The maximum Gasteiger partial charge on any atom is 0.254 e. The average molecular weight is 386 g/mol. The number of aryl methyl sites for hydroxylation is 1. The van der Waals surface area contributed by atoms with Crippen molar-refractivity contribution in [1.82, 2.24) is 14.5 Å². The van der Waals surface area contributed by atoms with Crippen LogP contribution in [-0.4, -0.2) is 59.5 Å². The van der Waals surface area contributed by atoms with Gasteiger partial charge in [-0.05, 0) is 31.0 Å². The summed E-state index contributed by atoms with van der Waals surface area (Å²) in [6.45, 7) is 1.70. The molecule has 0 radical (unpaired) electrons. The minimum absolute atomic E-state index is 0.0216. The molecule has 150 valence electrons. The molecular weight excluding hydrogens is 360 g/mol. The van der Waals surface area contributed by atoms with Crippen molar-refractivity contribution in [2.24, 2.45) is 18.7 Å². The number of piperidine rings is 1. The van der Waals surface area contributed by atoms with E-state index in [9.17, 15) is 9.59 Å². The fourth-order valence-electron chi connectivity index (χ4n) is 3.44. The summed E-state index contributed by atoms with van der Waals surface area (Å²) in [6, 6.07) is 5.08.